The quantitative estimate of drug-likeness (QED) is 0.172. The molecule has 3 saturated carbocycles. The van der Waals surface area contributed by atoms with Gasteiger partial charge in [-0.2, -0.15) is 13.2 Å². The summed E-state index contributed by atoms with van der Waals surface area (Å²) >= 11 is 0. The lowest BCUT2D eigenvalue weighted by atomic mass is 9.46. The monoisotopic (exact) mass is 541 g/mol. The molecule has 0 heterocycles. The van der Waals surface area contributed by atoms with E-state index < -0.39 is 18.8 Å². The minimum absolute atomic E-state index is 0.0414. The van der Waals surface area contributed by atoms with Gasteiger partial charge in [-0.15, -0.1) is 0 Å². The van der Waals surface area contributed by atoms with Crippen LogP contribution in [-0.2, 0) is 4.84 Å². The van der Waals surface area contributed by atoms with E-state index in [-0.39, 0.29) is 42.0 Å². The van der Waals surface area contributed by atoms with Crippen molar-refractivity contribution in [2.45, 2.75) is 104 Å². The van der Waals surface area contributed by atoms with Crippen molar-refractivity contribution in [1.29, 1.82) is 0 Å². The summed E-state index contributed by atoms with van der Waals surface area (Å²) in [6, 6.07) is 0.101. The predicted octanol–water partition coefficient (Wildman–Crippen LogP) is 6.30. The molecule has 38 heavy (non-hydrogen) atoms. The maximum Gasteiger partial charge on any atom is 0.436 e. The fourth-order valence-electron chi connectivity index (χ4n) is 8.57. The number of carbonyl (C=O) groups excluding carboxylic acids is 1. The third kappa shape index (κ3) is 5.93. The van der Waals surface area contributed by atoms with Crippen molar-refractivity contribution in [2.75, 3.05) is 19.6 Å². The summed E-state index contributed by atoms with van der Waals surface area (Å²) in [5.41, 5.74) is 2.37. The first-order chi connectivity index (χ1) is 17.7. The van der Waals surface area contributed by atoms with Crippen LogP contribution in [-0.4, -0.2) is 59.8 Å². The molecule has 9 heteroatoms. The molecule has 0 aromatic carbocycles. The molecular formula is C29H46F3N3O3. The summed E-state index contributed by atoms with van der Waals surface area (Å²) in [4.78, 5) is 18.4. The Hall–Kier alpha value is -1.61. The Balaban J connectivity index is 1.43. The molecule has 3 fully saturated rings. The van der Waals surface area contributed by atoms with Gasteiger partial charge in [0.05, 0.1) is 11.8 Å². The van der Waals surface area contributed by atoms with E-state index in [1.165, 1.54) is 5.57 Å². The van der Waals surface area contributed by atoms with Gasteiger partial charge in [0.15, 0.2) is 0 Å². The Bertz CT molecular complexity index is 936. The van der Waals surface area contributed by atoms with Gasteiger partial charge in [-0.25, -0.2) is 4.79 Å². The van der Waals surface area contributed by atoms with E-state index in [0.29, 0.717) is 28.4 Å². The zero-order valence-electron chi connectivity index (χ0n) is 23.6. The molecule has 0 aromatic rings. The number of oxime groups is 1. The zero-order chi connectivity index (χ0) is 27.9. The van der Waals surface area contributed by atoms with Crippen molar-refractivity contribution < 1.29 is 27.9 Å². The highest BCUT2D eigenvalue weighted by atomic mass is 19.4. The summed E-state index contributed by atoms with van der Waals surface area (Å²) < 4.78 is 39.3. The number of nitrogens with one attached hydrogen (secondary N) is 1. The standard InChI is InChI=1S/C29H46F3N3O3/c1-18(2)33-14-15-35(17-29(30,31)32)26(37)38-34-19(3)23-8-9-24-22-7-6-20-16-21(36)10-12-27(20,4)25(22)11-13-28(23,24)5/h16,18,21-25,33,36H,6-15,17H2,1-5H3/b34-19+/t21-,22+,23-,24+,25+,27+,28-/m1/s1. The van der Waals surface area contributed by atoms with Crippen LogP contribution in [0.15, 0.2) is 16.8 Å². The van der Waals surface area contributed by atoms with Crippen LogP contribution < -0.4 is 5.32 Å². The third-order valence-corrected chi connectivity index (χ3v) is 10.4. The Kier molecular flexibility index (Phi) is 8.58. The van der Waals surface area contributed by atoms with Crippen molar-refractivity contribution in [3.8, 4) is 0 Å². The van der Waals surface area contributed by atoms with Gasteiger partial charge >= 0.3 is 12.3 Å². The van der Waals surface area contributed by atoms with Crippen molar-refractivity contribution in [3.63, 3.8) is 0 Å². The minimum Gasteiger partial charge on any atom is -0.389 e. The molecule has 0 aliphatic heterocycles. The lowest BCUT2D eigenvalue weighted by Crippen LogP contribution is -2.51. The second-order valence-corrected chi connectivity index (χ2v) is 13.0. The lowest BCUT2D eigenvalue weighted by molar-refractivity contribution is -0.142. The largest absolute Gasteiger partial charge is 0.436 e. The Labute approximate surface area is 225 Å². The number of nitrogens with zero attached hydrogens (tertiary/aromatic N) is 2. The van der Waals surface area contributed by atoms with Crippen molar-refractivity contribution in [3.05, 3.63) is 11.6 Å². The van der Waals surface area contributed by atoms with Gasteiger partial charge in [0, 0.05) is 25.0 Å². The second-order valence-electron chi connectivity index (χ2n) is 13.0. The number of fused-ring (bicyclic) bond motifs is 5. The molecule has 0 unspecified atom stereocenters. The summed E-state index contributed by atoms with van der Waals surface area (Å²) in [5.74, 6) is 1.96. The second kappa shape index (κ2) is 11.1. The number of aliphatic hydroxyl groups excluding tert-OH is 1. The fourth-order valence-corrected chi connectivity index (χ4v) is 8.57. The van der Waals surface area contributed by atoms with Crippen LogP contribution in [0.1, 0.15) is 86.0 Å². The van der Waals surface area contributed by atoms with E-state index in [2.05, 4.69) is 30.4 Å². The highest BCUT2D eigenvalue weighted by Gasteiger charge is 2.59. The molecule has 0 aromatic heterocycles. The van der Waals surface area contributed by atoms with Crippen molar-refractivity contribution >= 4 is 11.8 Å². The number of alkyl halides is 3. The van der Waals surface area contributed by atoms with Crippen molar-refractivity contribution in [2.24, 2.45) is 39.7 Å². The highest BCUT2D eigenvalue weighted by molar-refractivity contribution is 5.85. The number of carbonyl (C=O) groups is 1. The van der Waals surface area contributed by atoms with Gasteiger partial charge in [0.1, 0.15) is 6.54 Å². The molecule has 216 valence electrons. The maximum absolute atomic E-state index is 13.1. The molecule has 4 aliphatic rings. The molecule has 6 nitrogen and oxygen atoms in total. The van der Waals surface area contributed by atoms with Gasteiger partial charge in [-0.05, 0) is 86.9 Å². The zero-order valence-corrected chi connectivity index (χ0v) is 23.6. The first-order valence-electron chi connectivity index (χ1n) is 14.4. The van der Waals surface area contributed by atoms with Crippen LogP contribution in [0.5, 0.6) is 0 Å². The first kappa shape index (κ1) is 29.4. The van der Waals surface area contributed by atoms with Gasteiger partial charge in [0.25, 0.3) is 0 Å². The number of hydrogen-bond donors (Lipinski definition) is 2. The van der Waals surface area contributed by atoms with E-state index in [1.54, 1.807) is 0 Å². The van der Waals surface area contributed by atoms with Gasteiger partial charge in [0.2, 0.25) is 0 Å². The Morgan fingerprint density at radius 2 is 1.92 bits per heavy atom. The SMILES string of the molecule is C/C(=N\OC(=O)N(CCNC(C)C)CC(F)(F)F)[C@H]1CC[C@H]2[C@@H]3CCC4=C[C@H](O)CC[C@]4(C)[C@H]3CC[C@]12C. The van der Waals surface area contributed by atoms with Gasteiger partial charge in [-0.1, -0.05) is 44.5 Å². The molecule has 4 aliphatic carbocycles. The van der Waals surface area contributed by atoms with Crippen LogP contribution in [0.25, 0.3) is 0 Å². The molecule has 1 amide bonds. The van der Waals surface area contributed by atoms with Crippen molar-refractivity contribution in [1.82, 2.24) is 10.2 Å². The van der Waals surface area contributed by atoms with Crippen LogP contribution >= 0.6 is 0 Å². The average Bonchev–Trinajstić information content (AvgIpc) is 3.18. The molecule has 0 radical (unpaired) electrons. The van der Waals surface area contributed by atoms with E-state index in [4.69, 9.17) is 4.84 Å². The van der Waals surface area contributed by atoms with Gasteiger partial charge in [-0.3, -0.25) is 9.74 Å². The van der Waals surface area contributed by atoms with Crippen LogP contribution in [0.3, 0.4) is 0 Å². The number of aliphatic hydroxyl groups is 1. The average molecular weight is 542 g/mol. The third-order valence-electron chi connectivity index (χ3n) is 10.4. The summed E-state index contributed by atoms with van der Waals surface area (Å²) in [7, 11) is 0. The summed E-state index contributed by atoms with van der Waals surface area (Å²) in [6.07, 6.45) is 4.58. The normalized spacial score (nSPS) is 37.3. The van der Waals surface area contributed by atoms with E-state index >= 15 is 0 Å². The Morgan fingerprint density at radius 1 is 1.18 bits per heavy atom. The van der Waals surface area contributed by atoms with E-state index in [9.17, 15) is 23.1 Å². The van der Waals surface area contributed by atoms with E-state index in [1.807, 2.05) is 20.8 Å². The van der Waals surface area contributed by atoms with Gasteiger partial charge < -0.3 is 10.4 Å². The highest BCUT2D eigenvalue weighted by Crippen LogP contribution is 2.66. The van der Waals surface area contributed by atoms with Crippen LogP contribution in [0, 0.1) is 34.5 Å². The fraction of sp³-hybridized carbons (Fsp3) is 0.862. The molecule has 0 saturated heterocycles. The molecular weight excluding hydrogens is 495 g/mol. The smallest absolute Gasteiger partial charge is 0.389 e. The number of rotatable bonds is 7. The minimum atomic E-state index is -4.51. The number of amides is 1. The molecule has 7 atom stereocenters. The maximum atomic E-state index is 13.1. The lowest BCUT2D eigenvalue weighted by Gasteiger charge is -2.58. The topological polar surface area (TPSA) is 74.2 Å². The van der Waals surface area contributed by atoms with E-state index in [0.717, 1.165) is 51.4 Å². The molecule has 0 spiro atoms. The number of allylic oxidation sites excluding steroid dienone is 1. The number of halogens is 3. The molecule has 2 N–H and O–H groups in total. The first-order valence-corrected chi connectivity index (χ1v) is 14.4. The van der Waals surface area contributed by atoms with Crippen LogP contribution in [0.4, 0.5) is 18.0 Å². The summed E-state index contributed by atoms with van der Waals surface area (Å²) in [6.45, 7) is 9.17. The Morgan fingerprint density at radius 3 is 2.61 bits per heavy atom. The van der Waals surface area contributed by atoms with Crippen LogP contribution in [0.2, 0.25) is 0 Å². The summed E-state index contributed by atoms with van der Waals surface area (Å²) in [5, 5.41) is 17.4. The predicted molar refractivity (Wildman–Crippen MR) is 142 cm³/mol. The molecule has 0 bridgehead atoms. The number of hydrogen-bond acceptors (Lipinski definition) is 5. The molecule has 4 rings (SSSR count).